The maximum Gasteiger partial charge on any atom is 0.280 e. The third-order valence-electron chi connectivity index (χ3n) is 5.62. The van der Waals surface area contributed by atoms with Crippen molar-refractivity contribution in [2.75, 3.05) is 16.8 Å². The third-order valence-corrected chi connectivity index (χ3v) is 6.58. The quantitative estimate of drug-likeness (QED) is 0.281. The number of carbonyl (C=O) groups excluding carboxylic acids is 1. The summed E-state index contributed by atoms with van der Waals surface area (Å²) in [6.07, 6.45) is 1.63. The van der Waals surface area contributed by atoms with E-state index in [1.54, 1.807) is 23.0 Å². The number of anilines is 3. The Morgan fingerprint density at radius 1 is 0.944 bits per heavy atom. The molecule has 7 nitrogen and oxygen atoms in total. The van der Waals surface area contributed by atoms with Gasteiger partial charge < -0.3 is 9.80 Å². The number of aromatic nitrogens is 4. The minimum absolute atomic E-state index is 0.201. The molecular weight excluding hydrogens is 475 g/mol. The van der Waals surface area contributed by atoms with Gasteiger partial charge in [-0.25, -0.2) is 14.1 Å². The number of halogens is 1. The Hall–Kier alpha value is -4.37. The van der Waals surface area contributed by atoms with E-state index in [9.17, 15) is 9.18 Å². The summed E-state index contributed by atoms with van der Waals surface area (Å²) in [6, 6.07) is 25.6. The monoisotopic (exact) mass is 498 g/mol. The molecule has 2 aromatic heterocycles. The first kappa shape index (κ1) is 23.4. The zero-order valence-corrected chi connectivity index (χ0v) is 20.3. The molecule has 0 bridgehead atoms. The molecule has 5 aromatic rings. The lowest BCUT2D eigenvalue weighted by Gasteiger charge is -2.21. The highest BCUT2D eigenvalue weighted by Crippen LogP contribution is 2.28. The summed E-state index contributed by atoms with van der Waals surface area (Å²) >= 11 is 1.49. The molecule has 0 fully saturated rings. The smallest absolute Gasteiger partial charge is 0.280 e. The molecule has 180 valence electrons. The Balaban J connectivity index is 1.39. The molecule has 0 aliphatic carbocycles. The van der Waals surface area contributed by atoms with Crippen LogP contribution in [0.3, 0.4) is 0 Å². The van der Waals surface area contributed by atoms with Crippen LogP contribution >= 0.6 is 11.3 Å². The topological polar surface area (TPSA) is 67.2 Å². The minimum Gasteiger partial charge on any atom is -0.321 e. The number of rotatable bonds is 8. The Labute approximate surface area is 212 Å². The van der Waals surface area contributed by atoms with Gasteiger partial charge in [0.25, 0.3) is 5.91 Å². The fourth-order valence-corrected chi connectivity index (χ4v) is 4.53. The van der Waals surface area contributed by atoms with Gasteiger partial charge in [0.15, 0.2) is 10.8 Å². The largest absolute Gasteiger partial charge is 0.321 e. The number of thiazole rings is 1. The van der Waals surface area contributed by atoms with Crippen molar-refractivity contribution in [3.63, 3.8) is 0 Å². The molecule has 0 spiro atoms. The molecule has 0 saturated heterocycles. The van der Waals surface area contributed by atoms with Crippen molar-refractivity contribution in [2.24, 2.45) is 0 Å². The summed E-state index contributed by atoms with van der Waals surface area (Å²) in [4.78, 5) is 21.8. The first-order valence-electron chi connectivity index (χ1n) is 11.3. The van der Waals surface area contributed by atoms with E-state index in [0.717, 1.165) is 16.4 Å². The molecule has 0 radical (unpaired) electrons. The van der Waals surface area contributed by atoms with Gasteiger partial charge >= 0.3 is 0 Å². The fraction of sp³-hybridized carbons (Fsp3) is 0.111. The molecule has 0 aliphatic heterocycles. The average Bonchev–Trinajstić information content (AvgIpc) is 3.58. The van der Waals surface area contributed by atoms with Crippen molar-refractivity contribution >= 4 is 33.8 Å². The number of benzene rings is 3. The van der Waals surface area contributed by atoms with Crippen molar-refractivity contribution in [2.45, 2.75) is 13.1 Å². The molecule has 2 heterocycles. The van der Waals surface area contributed by atoms with Crippen LogP contribution in [0.1, 0.15) is 21.7 Å². The Bertz CT molecular complexity index is 1440. The molecule has 5 rings (SSSR count). The Morgan fingerprint density at radius 2 is 1.64 bits per heavy atom. The molecular formula is C27H23FN6OS. The van der Waals surface area contributed by atoms with Gasteiger partial charge in [0, 0.05) is 23.8 Å². The summed E-state index contributed by atoms with van der Waals surface area (Å²) in [5.74, 6) is -0.715. The number of amides is 1. The van der Waals surface area contributed by atoms with E-state index >= 15 is 0 Å². The summed E-state index contributed by atoms with van der Waals surface area (Å²) < 4.78 is 15.2. The van der Waals surface area contributed by atoms with Crippen molar-refractivity contribution in [3.8, 4) is 0 Å². The van der Waals surface area contributed by atoms with Gasteiger partial charge in [0.1, 0.15) is 5.82 Å². The highest BCUT2D eigenvalue weighted by molar-refractivity contribution is 7.13. The summed E-state index contributed by atoms with van der Waals surface area (Å²) in [5, 5.41) is 11.0. The zero-order valence-electron chi connectivity index (χ0n) is 19.5. The normalized spacial score (nSPS) is 10.8. The highest BCUT2D eigenvalue weighted by Gasteiger charge is 2.23. The first-order valence-corrected chi connectivity index (χ1v) is 12.2. The van der Waals surface area contributed by atoms with Gasteiger partial charge in [-0.3, -0.25) is 4.79 Å². The van der Waals surface area contributed by atoms with Crippen LogP contribution in [-0.4, -0.2) is 32.9 Å². The van der Waals surface area contributed by atoms with E-state index < -0.39 is 0 Å². The average molecular weight is 499 g/mol. The molecule has 1 amide bonds. The van der Waals surface area contributed by atoms with Gasteiger partial charge in [-0.2, -0.15) is 0 Å². The third kappa shape index (κ3) is 5.31. The van der Waals surface area contributed by atoms with Crippen LogP contribution in [-0.2, 0) is 13.1 Å². The molecule has 36 heavy (non-hydrogen) atoms. The van der Waals surface area contributed by atoms with E-state index in [1.807, 2.05) is 78.0 Å². The molecule has 9 heteroatoms. The summed E-state index contributed by atoms with van der Waals surface area (Å²) in [5.41, 5.74) is 3.53. The Morgan fingerprint density at radius 3 is 2.36 bits per heavy atom. The van der Waals surface area contributed by atoms with Crippen molar-refractivity contribution in [1.29, 1.82) is 0 Å². The standard InChI is InChI=1S/C27H23FN6OS/c1-32(23-10-6-3-7-11-23)27-29-22(19-36-27)17-34(24-14-12-21(28)13-15-24)26(35)25-18-33(31-30-25)16-20-8-4-2-5-9-20/h2-15,18-19H,16-17H2,1H3. The zero-order chi connectivity index (χ0) is 24.9. The summed E-state index contributed by atoms with van der Waals surface area (Å²) in [6.45, 7) is 0.702. The van der Waals surface area contributed by atoms with E-state index in [2.05, 4.69) is 10.3 Å². The predicted octanol–water partition coefficient (Wildman–Crippen LogP) is 5.54. The number of hydrogen-bond donors (Lipinski definition) is 0. The van der Waals surface area contributed by atoms with E-state index in [1.165, 1.54) is 28.4 Å². The van der Waals surface area contributed by atoms with Gasteiger partial charge in [-0.15, -0.1) is 16.4 Å². The van der Waals surface area contributed by atoms with Crippen LogP contribution in [0.2, 0.25) is 0 Å². The van der Waals surface area contributed by atoms with Crippen LogP contribution in [0.5, 0.6) is 0 Å². The van der Waals surface area contributed by atoms with Gasteiger partial charge in [0.05, 0.1) is 25.0 Å². The van der Waals surface area contributed by atoms with E-state index in [-0.39, 0.29) is 24.0 Å². The highest BCUT2D eigenvalue weighted by atomic mass is 32.1. The molecule has 0 saturated carbocycles. The SMILES string of the molecule is CN(c1ccccc1)c1nc(CN(C(=O)c2cn(Cc3ccccc3)nn2)c2ccc(F)cc2)cs1. The molecule has 0 unspecified atom stereocenters. The van der Waals surface area contributed by atoms with Crippen LogP contribution in [0, 0.1) is 5.82 Å². The first-order chi connectivity index (χ1) is 17.6. The molecule has 3 aromatic carbocycles. The maximum absolute atomic E-state index is 13.6. The second kappa shape index (κ2) is 10.5. The molecule has 0 atom stereocenters. The lowest BCUT2D eigenvalue weighted by molar-refractivity contribution is 0.0980. The van der Waals surface area contributed by atoms with Gasteiger partial charge in [-0.05, 0) is 42.0 Å². The van der Waals surface area contributed by atoms with Crippen molar-refractivity contribution < 1.29 is 9.18 Å². The van der Waals surface area contributed by atoms with Crippen molar-refractivity contribution in [3.05, 3.63) is 119 Å². The second-order valence-corrected chi connectivity index (χ2v) is 9.01. The van der Waals surface area contributed by atoms with E-state index in [4.69, 9.17) is 4.98 Å². The van der Waals surface area contributed by atoms with Gasteiger partial charge in [-0.1, -0.05) is 53.7 Å². The number of nitrogens with zero attached hydrogens (tertiary/aromatic N) is 6. The number of hydrogen-bond acceptors (Lipinski definition) is 6. The lowest BCUT2D eigenvalue weighted by atomic mass is 10.2. The fourth-order valence-electron chi connectivity index (χ4n) is 3.73. The summed E-state index contributed by atoms with van der Waals surface area (Å²) in [7, 11) is 1.95. The lowest BCUT2D eigenvalue weighted by Crippen LogP contribution is -2.31. The minimum atomic E-state index is -0.375. The number of carbonyl (C=O) groups is 1. The van der Waals surface area contributed by atoms with E-state index in [0.29, 0.717) is 17.9 Å². The van der Waals surface area contributed by atoms with Crippen LogP contribution in [0.4, 0.5) is 20.9 Å². The number of para-hydroxylation sites is 1. The maximum atomic E-state index is 13.6. The Kier molecular flexibility index (Phi) is 6.81. The van der Waals surface area contributed by atoms with Crippen LogP contribution in [0.15, 0.2) is 96.5 Å². The van der Waals surface area contributed by atoms with Crippen LogP contribution in [0.25, 0.3) is 0 Å². The van der Waals surface area contributed by atoms with Crippen molar-refractivity contribution in [1.82, 2.24) is 20.0 Å². The molecule has 0 aliphatic rings. The van der Waals surface area contributed by atoms with Crippen LogP contribution < -0.4 is 9.80 Å². The second-order valence-electron chi connectivity index (χ2n) is 8.17. The predicted molar refractivity (Wildman–Crippen MR) is 139 cm³/mol. The molecule has 0 N–H and O–H groups in total. The van der Waals surface area contributed by atoms with Gasteiger partial charge in [0.2, 0.25) is 0 Å².